The molecule has 1 aromatic carbocycles. The van der Waals surface area contributed by atoms with E-state index < -0.39 is 24.1 Å². The number of carbonyl (C=O) groups excluding carboxylic acids is 1. The van der Waals surface area contributed by atoms with Gasteiger partial charge in [0, 0.05) is 12.4 Å². The fourth-order valence-electron chi connectivity index (χ4n) is 1.11. The second-order valence-corrected chi connectivity index (χ2v) is 2.70. The molecule has 0 amide bonds. The van der Waals surface area contributed by atoms with Gasteiger partial charge in [0.25, 0.3) is 0 Å². The van der Waals surface area contributed by atoms with Gasteiger partial charge in [0.15, 0.2) is 0 Å². The normalized spacial score (nSPS) is 10.6. The van der Waals surface area contributed by atoms with Crippen LogP contribution in [-0.4, -0.2) is 5.97 Å². The van der Waals surface area contributed by atoms with Crippen molar-refractivity contribution in [3.05, 3.63) is 35.4 Å². The molecule has 6 heteroatoms. The summed E-state index contributed by atoms with van der Waals surface area (Å²) in [5.74, 6) is -1.53. The van der Waals surface area contributed by atoms with Crippen LogP contribution in [0.5, 0.6) is 0 Å². The van der Waals surface area contributed by atoms with Crippen LogP contribution in [0.2, 0.25) is 0 Å². The standard InChI is InChI=1S/C9H7F3O2.K/c10-9(11,12)7-4-2-1-3-6(7)5-8(13)14;/h1-4H,5H2,(H,13,14);/q;+1/p-1. The number of hydrogen-bond acceptors (Lipinski definition) is 2. The molecule has 0 aromatic heterocycles. The Labute approximate surface area is 127 Å². The van der Waals surface area contributed by atoms with Gasteiger partial charge in [-0.05, 0) is 11.6 Å². The zero-order valence-corrected chi connectivity index (χ0v) is 11.1. The van der Waals surface area contributed by atoms with Crippen molar-refractivity contribution in [2.75, 3.05) is 0 Å². The van der Waals surface area contributed by atoms with E-state index in [-0.39, 0.29) is 56.9 Å². The van der Waals surface area contributed by atoms with Gasteiger partial charge in [-0.2, -0.15) is 13.2 Å². The van der Waals surface area contributed by atoms with Crippen molar-refractivity contribution in [2.24, 2.45) is 0 Å². The summed E-state index contributed by atoms with van der Waals surface area (Å²) in [5, 5.41) is 10.2. The number of halogens is 3. The van der Waals surface area contributed by atoms with E-state index in [1.807, 2.05) is 0 Å². The molecule has 76 valence electrons. The molecule has 0 aliphatic carbocycles. The van der Waals surface area contributed by atoms with E-state index in [0.717, 1.165) is 12.1 Å². The van der Waals surface area contributed by atoms with Crippen molar-refractivity contribution in [3.8, 4) is 0 Å². The van der Waals surface area contributed by atoms with Crippen molar-refractivity contribution in [2.45, 2.75) is 12.6 Å². The number of carboxylic acid groups (broad SMARTS) is 1. The Kier molecular flexibility index (Phi) is 6.05. The smallest absolute Gasteiger partial charge is 0.550 e. The summed E-state index contributed by atoms with van der Waals surface area (Å²) >= 11 is 0. The second-order valence-electron chi connectivity index (χ2n) is 2.70. The van der Waals surface area contributed by atoms with Crippen molar-refractivity contribution in [1.82, 2.24) is 0 Å². The molecule has 0 bridgehead atoms. The Balaban J connectivity index is 0.00000196. The van der Waals surface area contributed by atoms with E-state index in [2.05, 4.69) is 0 Å². The summed E-state index contributed by atoms with van der Waals surface area (Å²) in [4.78, 5) is 10.2. The van der Waals surface area contributed by atoms with Crippen molar-refractivity contribution < 1.29 is 74.5 Å². The third kappa shape index (κ3) is 4.65. The third-order valence-corrected chi connectivity index (χ3v) is 1.66. The molecule has 0 spiro atoms. The molecule has 0 radical (unpaired) electrons. The Bertz CT molecular complexity index is 349. The van der Waals surface area contributed by atoms with Gasteiger partial charge < -0.3 is 9.90 Å². The van der Waals surface area contributed by atoms with Gasteiger partial charge in [-0.1, -0.05) is 18.2 Å². The number of carboxylic acids is 1. The fraction of sp³-hybridized carbons (Fsp3) is 0.222. The Morgan fingerprint density at radius 3 is 2.27 bits per heavy atom. The molecule has 0 aliphatic heterocycles. The van der Waals surface area contributed by atoms with Crippen LogP contribution in [0.3, 0.4) is 0 Å². The quantitative estimate of drug-likeness (QED) is 0.563. The van der Waals surface area contributed by atoms with Gasteiger partial charge in [-0.15, -0.1) is 0 Å². The summed E-state index contributed by atoms with van der Waals surface area (Å²) in [6.45, 7) is 0. The van der Waals surface area contributed by atoms with Crippen LogP contribution in [0.25, 0.3) is 0 Å². The maximum atomic E-state index is 12.3. The van der Waals surface area contributed by atoms with E-state index in [1.165, 1.54) is 12.1 Å². The molecular weight excluding hydrogens is 236 g/mol. The SMILES string of the molecule is O=C([O-])Cc1ccccc1C(F)(F)F.[K+]. The summed E-state index contributed by atoms with van der Waals surface area (Å²) in [6, 6.07) is 4.53. The van der Waals surface area contributed by atoms with E-state index in [0.29, 0.717) is 0 Å². The van der Waals surface area contributed by atoms with Gasteiger partial charge in [0.2, 0.25) is 0 Å². The van der Waals surface area contributed by atoms with Crippen LogP contribution in [0.1, 0.15) is 11.1 Å². The van der Waals surface area contributed by atoms with Crippen molar-refractivity contribution in [3.63, 3.8) is 0 Å². The number of rotatable bonds is 2. The van der Waals surface area contributed by atoms with Crippen LogP contribution >= 0.6 is 0 Å². The molecule has 0 fully saturated rings. The summed E-state index contributed by atoms with van der Waals surface area (Å²) in [7, 11) is 0. The first-order valence-electron chi connectivity index (χ1n) is 3.76. The minimum absolute atomic E-state index is 0. The maximum absolute atomic E-state index is 12.3. The molecule has 0 unspecified atom stereocenters. The first-order chi connectivity index (χ1) is 6.41. The van der Waals surface area contributed by atoms with Gasteiger partial charge in [-0.3, -0.25) is 0 Å². The van der Waals surface area contributed by atoms with Gasteiger partial charge >= 0.3 is 57.6 Å². The molecule has 0 atom stereocenters. The number of hydrogen-bond donors (Lipinski definition) is 0. The fourth-order valence-corrected chi connectivity index (χ4v) is 1.11. The van der Waals surface area contributed by atoms with E-state index >= 15 is 0 Å². The molecule has 0 heterocycles. The number of benzene rings is 1. The van der Waals surface area contributed by atoms with E-state index in [1.54, 1.807) is 0 Å². The summed E-state index contributed by atoms with van der Waals surface area (Å²) in [5.41, 5.74) is -1.20. The van der Waals surface area contributed by atoms with Crippen LogP contribution < -0.4 is 56.5 Å². The van der Waals surface area contributed by atoms with Gasteiger partial charge in [0.1, 0.15) is 0 Å². The molecule has 0 saturated carbocycles. The number of carbonyl (C=O) groups is 1. The average molecular weight is 242 g/mol. The molecule has 2 nitrogen and oxygen atoms in total. The molecule has 15 heavy (non-hydrogen) atoms. The number of aliphatic carboxylic acids is 1. The monoisotopic (exact) mass is 242 g/mol. The van der Waals surface area contributed by atoms with Crippen molar-refractivity contribution in [1.29, 1.82) is 0 Å². The largest absolute Gasteiger partial charge is 1.00 e. The average Bonchev–Trinajstić information content (AvgIpc) is 2.01. The van der Waals surface area contributed by atoms with Crippen molar-refractivity contribution >= 4 is 5.97 Å². The molecule has 0 saturated heterocycles. The second kappa shape index (κ2) is 6.00. The van der Waals surface area contributed by atoms with Crippen LogP contribution in [0, 0.1) is 0 Å². The minimum atomic E-state index is -4.52. The molecule has 1 aromatic rings. The molecular formula is C9H6F3KO2. The number of alkyl halides is 3. The topological polar surface area (TPSA) is 40.1 Å². The van der Waals surface area contributed by atoms with Crippen LogP contribution in [0.4, 0.5) is 13.2 Å². The third-order valence-electron chi connectivity index (χ3n) is 1.66. The predicted molar refractivity (Wildman–Crippen MR) is 40.2 cm³/mol. The molecule has 0 N–H and O–H groups in total. The van der Waals surface area contributed by atoms with E-state index in [9.17, 15) is 23.1 Å². The van der Waals surface area contributed by atoms with Crippen LogP contribution in [0.15, 0.2) is 24.3 Å². The van der Waals surface area contributed by atoms with Gasteiger partial charge in [0.05, 0.1) is 5.56 Å². The zero-order valence-electron chi connectivity index (χ0n) is 7.97. The van der Waals surface area contributed by atoms with Crippen LogP contribution in [-0.2, 0) is 17.4 Å². The summed E-state index contributed by atoms with van der Waals surface area (Å²) < 4.78 is 36.9. The van der Waals surface area contributed by atoms with Gasteiger partial charge in [-0.25, -0.2) is 0 Å². The Morgan fingerprint density at radius 1 is 1.27 bits per heavy atom. The first kappa shape index (κ1) is 15.1. The zero-order chi connectivity index (χ0) is 10.8. The minimum Gasteiger partial charge on any atom is -0.550 e. The summed E-state index contributed by atoms with van der Waals surface area (Å²) in [6.07, 6.45) is -5.25. The maximum Gasteiger partial charge on any atom is 1.00 e. The predicted octanol–water partition coefficient (Wildman–Crippen LogP) is -2.00. The molecule has 0 aliphatic rings. The van der Waals surface area contributed by atoms with E-state index in [4.69, 9.17) is 0 Å². The Morgan fingerprint density at radius 2 is 1.80 bits per heavy atom. The first-order valence-corrected chi connectivity index (χ1v) is 3.76. The molecule has 1 rings (SSSR count). The Hall–Kier alpha value is 0.116.